The van der Waals surface area contributed by atoms with E-state index in [0.29, 0.717) is 6.61 Å². The zero-order valence-electron chi connectivity index (χ0n) is 13.6. The molecule has 1 aromatic heterocycles. The monoisotopic (exact) mass is 329 g/mol. The van der Waals surface area contributed by atoms with Gasteiger partial charge in [0.2, 0.25) is 0 Å². The van der Waals surface area contributed by atoms with E-state index >= 15 is 0 Å². The van der Waals surface area contributed by atoms with Crippen LogP contribution in [0.1, 0.15) is 27.7 Å². The smallest absolute Gasteiger partial charge is 0.331 e. The number of hydrogen-bond acceptors (Lipinski definition) is 4. The second kappa shape index (κ2) is 6.45. The Bertz CT molecular complexity index is 897. The van der Waals surface area contributed by atoms with Gasteiger partial charge in [0.1, 0.15) is 11.8 Å². The highest BCUT2D eigenvalue weighted by atomic mass is 16.5. The third kappa shape index (κ3) is 2.90. The number of aromatic nitrogens is 2. The maximum Gasteiger partial charge on any atom is 0.331 e. The lowest BCUT2D eigenvalue weighted by molar-refractivity contribution is 0.0410. The van der Waals surface area contributed by atoms with Crippen LogP contribution < -0.4 is 16.6 Å². The quantitative estimate of drug-likeness (QED) is 0.868. The number of rotatable bonds is 3. The summed E-state index contributed by atoms with van der Waals surface area (Å²) in [7, 11) is 2.84. The predicted octanol–water partition coefficient (Wildman–Crippen LogP) is 0.128. The third-order valence-corrected chi connectivity index (χ3v) is 4.30. The van der Waals surface area contributed by atoms with Gasteiger partial charge in [-0.15, -0.1) is 0 Å². The summed E-state index contributed by atoms with van der Waals surface area (Å²) < 4.78 is 7.85. The normalized spacial score (nSPS) is 16.5. The molecule has 2 heterocycles. The summed E-state index contributed by atoms with van der Waals surface area (Å²) in [6.07, 6.45) is 0.617. The maximum absolute atomic E-state index is 12.4. The van der Waals surface area contributed by atoms with Gasteiger partial charge in [0, 0.05) is 26.7 Å². The maximum atomic E-state index is 12.4. The molecule has 126 valence electrons. The van der Waals surface area contributed by atoms with E-state index in [4.69, 9.17) is 4.74 Å². The Morgan fingerprint density at radius 1 is 1.25 bits per heavy atom. The molecule has 0 bridgehead atoms. The number of hydrogen-bond donors (Lipinski definition) is 1. The van der Waals surface area contributed by atoms with Crippen LogP contribution in [0.15, 0.2) is 39.9 Å². The van der Waals surface area contributed by atoms with E-state index < -0.39 is 17.2 Å². The minimum Gasteiger partial charge on any atom is -0.371 e. The molecule has 1 unspecified atom stereocenters. The molecule has 0 saturated heterocycles. The molecule has 1 amide bonds. The highest BCUT2D eigenvalue weighted by Crippen LogP contribution is 2.26. The van der Waals surface area contributed by atoms with Gasteiger partial charge in [0.15, 0.2) is 0 Å². The highest BCUT2D eigenvalue weighted by Gasteiger charge is 2.22. The summed E-state index contributed by atoms with van der Waals surface area (Å²) in [5.74, 6) is -0.473. The molecule has 1 aliphatic heterocycles. The van der Waals surface area contributed by atoms with Gasteiger partial charge in [0.05, 0.1) is 6.61 Å². The topological polar surface area (TPSA) is 82.3 Å². The van der Waals surface area contributed by atoms with Crippen molar-refractivity contribution in [1.82, 2.24) is 14.5 Å². The zero-order valence-corrected chi connectivity index (χ0v) is 13.6. The van der Waals surface area contributed by atoms with Gasteiger partial charge in [-0.05, 0) is 17.5 Å². The Kier molecular flexibility index (Phi) is 4.35. The summed E-state index contributed by atoms with van der Waals surface area (Å²) in [4.78, 5) is 36.0. The van der Waals surface area contributed by atoms with E-state index in [1.165, 1.54) is 19.7 Å². The third-order valence-electron chi connectivity index (χ3n) is 4.30. The van der Waals surface area contributed by atoms with E-state index in [2.05, 4.69) is 11.4 Å². The van der Waals surface area contributed by atoms with Crippen LogP contribution in [0.4, 0.5) is 0 Å². The van der Waals surface area contributed by atoms with Crippen molar-refractivity contribution in [3.8, 4) is 0 Å². The van der Waals surface area contributed by atoms with Crippen LogP contribution in [0, 0.1) is 0 Å². The number of nitrogens with one attached hydrogen (secondary N) is 1. The standard InChI is InChI=1S/C17H19N3O4/c1-19-13(9-15(21)20(2)17(19)23)16(22)18-10-14-12-6-4-3-5-11(12)7-8-24-14/h3-6,9,14H,7-8,10H2,1-2H3,(H,18,22). The van der Waals surface area contributed by atoms with Gasteiger partial charge in [-0.25, -0.2) is 4.79 Å². The number of ether oxygens (including phenoxy) is 1. The summed E-state index contributed by atoms with van der Waals surface area (Å²) in [5, 5.41) is 2.75. The molecule has 2 aromatic rings. The van der Waals surface area contributed by atoms with Crippen molar-refractivity contribution in [2.24, 2.45) is 14.1 Å². The molecule has 1 aliphatic rings. The first-order chi connectivity index (χ1) is 11.5. The fraction of sp³-hybridized carbons (Fsp3) is 0.353. The van der Waals surface area contributed by atoms with Gasteiger partial charge >= 0.3 is 5.69 Å². The summed E-state index contributed by atoms with van der Waals surface area (Å²) in [6, 6.07) is 9.12. The fourth-order valence-electron chi connectivity index (χ4n) is 2.87. The van der Waals surface area contributed by atoms with E-state index in [-0.39, 0.29) is 18.3 Å². The molecule has 0 spiro atoms. The molecule has 0 aliphatic carbocycles. The zero-order chi connectivity index (χ0) is 17.3. The van der Waals surface area contributed by atoms with E-state index in [0.717, 1.165) is 27.2 Å². The number of carbonyl (C=O) groups excluding carboxylic acids is 1. The van der Waals surface area contributed by atoms with Crippen LogP contribution in [0.3, 0.4) is 0 Å². The summed E-state index contributed by atoms with van der Waals surface area (Å²) >= 11 is 0. The Morgan fingerprint density at radius 3 is 2.79 bits per heavy atom. The Labute approximate surface area is 138 Å². The number of amides is 1. The first kappa shape index (κ1) is 16.2. The Balaban J connectivity index is 1.78. The van der Waals surface area contributed by atoms with Crippen LogP contribution in [-0.2, 0) is 25.3 Å². The second-order valence-electron chi connectivity index (χ2n) is 5.79. The molecule has 1 aromatic carbocycles. The average molecular weight is 329 g/mol. The van der Waals surface area contributed by atoms with Crippen molar-refractivity contribution in [3.05, 3.63) is 68.0 Å². The molecule has 1 N–H and O–H groups in total. The number of fused-ring (bicyclic) bond motifs is 1. The molecule has 0 saturated carbocycles. The van der Waals surface area contributed by atoms with Gasteiger partial charge in [0.25, 0.3) is 11.5 Å². The van der Waals surface area contributed by atoms with Gasteiger partial charge < -0.3 is 10.1 Å². The predicted molar refractivity (Wildman–Crippen MR) is 88.1 cm³/mol. The van der Waals surface area contributed by atoms with Crippen LogP contribution in [0.25, 0.3) is 0 Å². The summed E-state index contributed by atoms with van der Waals surface area (Å²) in [6.45, 7) is 0.876. The number of benzene rings is 1. The van der Waals surface area contributed by atoms with Crippen molar-refractivity contribution in [2.75, 3.05) is 13.2 Å². The number of carbonyl (C=O) groups is 1. The molecule has 7 heteroatoms. The minimum atomic E-state index is -0.535. The molecule has 0 radical (unpaired) electrons. The largest absolute Gasteiger partial charge is 0.371 e. The summed E-state index contributed by atoms with van der Waals surface area (Å²) in [5.41, 5.74) is 1.26. The van der Waals surface area contributed by atoms with E-state index in [9.17, 15) is 14.4 Å². The molecule has 24 heavy (non-hydrogen) atoms. The van der Waals surface area contributed by atoms with E-state index in [1.807, 2.05) is 18.2 Å². The van der Waals surface area contributed by atoms with Crippen molar-refractivity contribution < 1.29 is 9.53 Å². The van der Waals surface area contributed by atoms with Gasteiger partial charge in [-0.2, -0.15) is 0 Å². The first-order valence-corrected chi connectivity index (χ1v) is 7.73. The van der Waals surface area contributed by atoms with Crippen LogP contribution in [0.2, 0.25) is 0 Å². The molecular formula is C17H19N3O4. The van der Waals surface area contributed by atoms with Crippen molar-refractivity contribution >= 4 is 5.91 Å². The molecule has 0 fully saturated rings. The lowest BCUT2D eigenvalue weighted by atomic mass is 9.97. The molecule has 7 nitrogen and oxygen atoms in total. The lowest BCUT2D eigenvalue weighted by Crippen LogP contribution is -2.42. The molecule has 1 atom stereocenters. The first-order valence-electron chi connectivity index (χ1n) is 7.73. The van der Waals surface area contributed by atoms with Crippen molar-refractivity contribution in [1.29, 1.82) is 0 Å². The van der Waals surface area contributed by atoms with Crippen molar-refractivity contribution in [3.63, 3.8) is 0 Å². The average Bonchev–Trinajstić information content (AvgIpc) is 2.60. The Morgan fingerprint density at radius 2 is 2.00 bits per heavy atom. The van der Waals surface area contributed by atoms with Gasteiger partial charge in [-0.1, -0.05) is 24.3 Å². The highest BCUT2D eigenvalue weighted by molar-refractivity contribution is 5.92. The van der Waals surface area contributed by atoms with Crippen LogP contribution >= 0.6 is 0 Å². The SMILES string of the molecule is Cn1c(C(=O)NCC2OCCc3ccccc32)cc(=O)n(C)c1=O. The van der Waals surface area contributed by atoms with Gasteiger partial charge in [-0.3, -0.25) is 18.7 Å². The van der Waals surface area contributed by atoms with Crippen LogP contribution in [-0.4, -0.2) is 28.2 Å². The van der Waals surface area contributed by atoms with Crippen LogP contribution in [0.5, 0.6) is 0 Å². The second-order valence-corrected chi connectivity index (χ2v) is 5.79. The number of nitrogens with zero attached hydrogens (tertiary/aromatic N) is 2. The molecule has 3 rings (SSSR count). The van der Waals surface area contributed by atoms with Crippen molar-refractivity contribution in [2.45, 2.75) is 12.5 Å². The fourth-order valence-corrected chi connectivity index (χ4v) is 2.87. The molecular weight excluding hydrogens is 310 g/mol. The minimum absolute atomic E-state index is 0.0344. The lowest BCUT2D eigenvalue weighted by Gasteiger charge is -2.26. The Hall–Kier alpha value is -2.67. The van der Waals surface area contributed by atoms with E-state index in [1.54, 1.807) is 0 Å².